The predicted molar refractivity (Wildman–Crippen MR) is 133 cm³/mol. The van der Waals surface area contributed by atoms with Gasteiger partial charge in [0.05, 0.1) is 5.25 Å². The summed E-state index contributed by atoms with van der Waals surface area (Å²) in [6.45, 7) is 12.7. The Morgan fingerprint density at radius 2 is 1.76 bits per heavy atom. The van der Waals surface area contributed by atoms with E-state index in [0.717, 1.165) is 11.4 Å². The Morgan fingerprint density at radius 1 is 1.12 bits per heavy atom. The van der Waals surface area contributed by atoms with Crippen LogP contribution in [0.2, 0.25) is 0 Å². The molecule has 1 unspecified atom stereocenters. The molecule has 0 radical (unpaired) electrons. The van der Waals surface area contributed by atoms with Gasteiger partial charge in [-0.05, 0) is 42.2 Å². The fourth-order valence-corrected chi connectivity index (χ4v) is 4.03. The van der Waals surface area contributed by atoms with E-state index in [1.165, 1.54) is 17.3 Å². The molecule has 33 heavy (non-hydrogen) atoms. The summed E-state index contributed by atoms with van der Waals surface area (Å²) in [5, 5.41) is 11.8. The highest BCUT2D eigenvalue weighted by Gasteiger charge is 2.21. The first-order valence-corrected chi connectivity index (χ1v) is 11.5. The van der Waals surface area contributed by atoms with Crippen molar-refractivity contribution in [1.82, 2.24) is 14.8 Å². The maximum atomic E-state index is 12.7. The average Bonchev–Trinajstić information content (AvgIpc) is 3.16. The Kier molecular flexibility index (Phi) is 7.38. The number of aromatic nitrogens is 3. The van der Waals surface area contributed by atoms with Crippen molar-refractivity contribution < 1.29 is 9.59 Å². The summed E-state index contributed by atoms with van der Waals surface area (Å²) in [7, 11) is 0. The monoisotopic (exact) mass is 463 g/mol. The number of carbonyl (C=O) groups is 2. The maximum Gasteiger partial charge on any atom is 0.248 e. The van der Waals surface area contributed by atoms with Crippen molar-refractivity contribution in [2.24, 2.45) is 5.73 Å². The minimum atomic E-state index is -0.512. The maximum absolute atomic E-state index is 12.7. The zero-order valence-corrected chi connectivity index (χ0v) is 20.1. The van der Waals surface area contributed by atoms with Crippen LogP contribution in [0.1, 0.15) is 43.6 Å². The lowest BCUT2D eigenvalue weighted by atomic mass is 9.87. The molecule has 172 valence electrons. The summed E-state index contributed by atoms with van der Waals surface area (Å²) in [5.74, 6) is 0.0331. The largest absolute Gasteiger partial charge is 0.366 e. The number of hydrogen-bond acceptors (Lipinski definition) is 5. The second-order valence-electron chi connectivity index (χ2n) is 8.72. The molecule has 0 saturated heterocycles. The first-order valence-electron chi connectivity index (χ1n) is 10.6. The van der Waals surface area contributed by atoms with Crippen LogP contribution in [0.25, 0.3) is 11.4 Å². The molecule has 3 N–H and O–H groups in total. The second-order valence-corrected chi connectivity index (χ2v) is 10.0. The van der Waals surface area contributed by atoms with Gasteiger partial charge in [0.25, 0.3) is 0 Å². The van der Waals surface area contributed by atoms with E-state index in [-0.39, 0.29) is 11.3 Å². The third-order valence-corrected chi connectivity index (χ3v) is 6.21. The number of carbonyl (C=O) groups excluding carboxylic acids is 2. The Hall–Kier alpha value is -3.39. The number of nitrogens with two attached hydrogens (primary N) is 1. The van der Waals surface area contributed by atoms with Gasteiger partial charge in [-0.25, -0.2) is 0 Å². The molecule has 3 rings (SSSR count). The summed E-state index contributed by atoms with van der Waals surface area (Å²) in [4.78, 5) is 23.9. The van der Waals surface area contributed by atoms with Gasteiger partial charge in [0.15, 0.2) is 11.0 Å². The molecule has 0 aliphatic heterocycles. The van der Waals surface area contributed by atoms with Crippen molar-refractivity contribution in [3.05, 3.63) is 72.3 Å². The van der Waals surface area contributed by atoms with E-state index in [4.69, 9.17) is 5.73 Å². The second kappa shape index (κ2) is 10.0. The molecule has 0 bridgehead atoms. The van der Waals surface area contributed by atoms with Gasteiger partial charge in [-0.2, -0.15) is 0 Å². The molecule has 0 spiro atoms. The molecule has 3 aromatic rings. The lowest BCUT2D eigenvalue weighted by Gasteiger charge is -2.19. The van der Waals surface area contributed by atoms with Crippen LogP contribution in [0, 0.1) is 0 Å². The minimum Gasteiger partial charge on any atom is -0.366 e. The van der Waals surface area contributed by atoms with Crippen LogP contribution in [0.4, 0.5) is 5.69 Å². The van der Waals surface area contributed by atoms with E-state index in [2.05, 4.69) is 55.0 Å². The van der Waals surface area contributed by atoms with Crippen molar-refractivity contribution in [2.75, 3.05) is 5.32 Å². The SMILES string of the molecule is C=CCn1c(SC(C)C(=O)Nc2ccc(C(N)=O)cc2)nnc1-c1ccc(C(C)(C)C)cc1. The average molecular weight is 464 g/mol. The molecule has 2 aromatic carbocycles. The smallest absolute Gasteiger partial charge is 0.248 e. The van der Waals surface area contributed by atoms with Gasteiger partial charge in [-0.3, -0.25) is 14.2 Å². The van der Waals surface area contributed by atoms with Crippen molar-refractivity contribution in [2.45, 2.75) is 50.1 Å². The number of primary amides is 1. The van der Waals surface area contributed by atoms with Gasteiger partial charge in [0.2, 0.25) is 11.8 Å². The van der Waals surface area contributed by atoms with Crippen molar-refractivity contribution in [1.29, 1.82) is 0 Å². The van der Waals surface area contributed by atoms with Crippen LogP contribution in [0.15, 0.2) is 66.3 Å². The van der Waals surface area contributed by atoms with E-state index in [1.807, 2.05) is 23.6 Å². The quantitative estimate of drug-likeness (QED) is 0.374. The Bertz CT molecular complexity index is 1150. The Morgan fingerprint density at radius 3 is 2.30 bits per heavy atom. The Labute approximate surface area is 198 Å². The molecule has 0 aliphatic rings. The summed E-state index contributed by atoms with van der Waals surface area (Å²) < 4.78 is 1.95. The molecule has 7 nitrogen and oxygen atoms in total. The first kappa shape index (κ1) is 24.3. The van der Waals surface area contributed by atoms with Crippen molar-refractivity contribution in [3.63, 3.8) is 0 Å². The summed E-state index contributed by atoms with van der Waals surface area (Å²) in [6, 6.07) is 14.8. The number of thioether (sulfide) groups is 1. The summed E-state index contributed by atoms with van der Waals surface area (Å²) in [5.41, 5.74) is 8.49. The van der Waals surface area contributed by atoms with Crippen LogP contribution < -0.4 is 11.1 Å². The zero-order valence-electron chi connectivity index (χ0n) is 19.3. The van der Waals surface area contributed by atoms with E-state index in [1.54, 1.807) is 30.3 Å². The van der Waals surface area contributed by atoms with Gasteiger partial charge in [-0.15, -0.1) is 16.8 Å². The number of anilines is 1. The number of nitrogens with zero attached hydrogens (tertiary/aromatic N) is 3. The number of benzene rings is 2. The van der Waals surface area contributed by atoms with Gasteiger partial charge < -0.3 is 11.1 Å². The molecular formula is C25H29N5O2S. The number of nitrogens with one attached hydrogen (secondary N) is 1. The predicted octanol–water partition coefficient (Wildman–Crippen LogP) is 4.65. The van der Waals surface area contributed by atoms with Gasteiger partial charge in [0.1, 0.15) is 0 Å². The minimum absolute atomic E-state index is 0.0668. The standard InChI is InChI=1S/C25H29N5O2S/c1-6-15-30-22(18-7-11-19(12-8-18)25(3,4)5)28-29-24(30)33-16(2)23(32)27-20-13-9-17(10-14-20)21(26)31/h6-14,16H,1,15H2,2-5H3,(H2,26,31)(H,27,32). The zero-order chi connectivity index (χ0) is 24.2. The molecule has 1 atom stereocenters. The molecule has 0 saturated carbocycles. The van der Waals surface area contributed by atoms with Crippen molar-refractivity contribution >= 4 is 29.3 Å². The number of allylic oxidation sites excluding steroid dienone is 1. The fraction of sp³-hybridized carbons (Fsp3) is 0.280. The van der Waals surface area contributed by atoms with E-state index in [9.17, 15) is 9.59 Å². The molecule has 1 aromatic heterocycles. The fourth-order valence-electron chi connectivity index (χ4n) is 3.18. The molecule has 0 fully saturated rings. The van der Waals surface area contributed by atoms with Crippen LogP contribution in [0.3, 0.4) is 0 Å². The lowest BCUT2D eigenvalue weighted by Crippen LogP contribution is -2.23. The third-order valence-electron chi connectivity index (χ3n) is 5.13. The number of amides is 2. The number of hydrogen-bond donors (Lipinski definition) is 2. The third kappa shape index (κ3) is 5.90. The molecule has 1 heterocycles. The van der Waals surface area contributed by atoms with Crippen LogP contribution in [-0.2, 0) is 16.8 Å². The van der Waals surface area contributed by atoms with E-state index >= 15 is 0 Å². The van der Waals surface area contributed by atoms with Crippen LogP contribution in [0.5, 0.6) is 0 Å². The van der Waals surface area contributed by atoms with Gasteiger partial charge in [-0.1, -0.05) is 62.9 Å². The lowest BCUT2D eigenvalue weighted by molar-refractivity contribution is -0.115. The van der Waals surface area contributed by atoms with Gasteiger partial charge >= 0.3 is 0 Å². The van der Waals surface area contributed by atoms with Gasteiger partial charge in [0, 0.05) is 23.4 Å². The highest BCUT2D eigenvalue weighted by atomic mass is 32.2. The van der Waals surface area contributed by atoms with E-state index in [0.29, 0.717) is 23.0 Å². The number of rotatable bonds is 8. The molecule has 2 amide bonds. The Balaban J connectivity index is 1.76. The normalized spacial score (nSPS) is 12.2. The molecule has 0 aliphatic carbocycles. The highest BCUT2D eigenvalue weighted by molar-refractivity contribution is 8.00. The van der Waals surface area contributed by atoms with Crippen LogP contribution >= 0.6 is 11.8 Å². The van der Waals surface area contributed by atoms with Crippen molar-refractivity contribution in [3.8, 4) is 11.4 Å². The highest BCUT2D eigenvalue weighted by Crippen LogP contribution is 2.29. The topological polar surface area (TPSA) is 103 Å². The van der Waals surface area contributed by atoms with Crippen LogP contribution in [-0.4, -0.2) is 31.8 Å². The molecule has 8 heteroatoms. The first-order chi connectivity index (χ1) is 15.6. The molecular weight excluding hydrogens is 434 g/mol. The summed E-state index contributed by atoms with van der Waals surface area (Å²) in [6.07, 6.45) is 1.78. The van der Waals surface area contributed by atoms with E-state index < -0.39 is 11.2 Å². The summed E-state index contributed by atoms with van der Waals surface area (Å²) >= 11 is 1.32.